The normalized spacial score (nSPS) is 20.3. The third kappa shape index (κ3) is 3.68. The summed E-state index contributed by atoms with van der Waals surface area (Å²) in [4.78, 5) is 2.18. The minimum atomic E-state index is -0.283. The SMILES string of the molecule is CN(Cc1ccc(F)cc1N)CC1CCCCO1. The van der Waals surface area contributed by atoms with Gasteiger partial charge in [0.1, 0.15) is 5.82 Å². The summed E-state index contributed by atoms with van der Waals surface area (Å²) in [5, 5.41) is 0. The minimum Gasteiger partial charge on any atom is -0.398 e. The lowest BCUT2D eigenvalue weighted by molar-refractivity contribution is -0.00256. The first kappa shape index (κ1) is 13.3. The number of anilines is 1. The summed E-state index contributed by atoms with van der Waals surface area (Å²) >= 11 is 0. The Kier molecular flexibility index (Phi) is 4.55. The highest BCUT2D eigenvalue weighted by Gasteiger charge is 2.16. The average Bonchev–Trinajstić information content (AvgIpc) is 2.34. The van der Waals surface area contributed by atoms with E-state index in [4.69, 9.17) is 10.5 Å². The molecule has 1 aliphatic heterocycles. The molecule has 0 spiro atoms. The van der Waals surface area contributed by atoms with Crippen LogP contribution in [0.4, 0.5) is 10.1 Å². The summed E-state index contributed by atoms with van der Waals surface area (Å²) in [6.45, 7) is 2.50. The van der Waals surface area contributed by atoms with Crippen LogP contribution in [0, 0.1) is 5.82 Å². The quantitative estimate of drug-likeness (QED) is 0.836. The standard InChI is InChI=1S/C14H21FN2O/c1-17(10-13-4-2-3-7-18-13)9-11-5-6-12(15)8-14(11)16/h5-6,8,13H,2-4,7,9-10,16H2,1H3. The Morgan fingerprint density at radius 1 is 1.44 bits per heavy atom. The molecule has 1 aliphatic rings. The first-order valence-corrected chi connectivity index (χ1v) is 6.49. The van der Waals surface area contributed by atoms with Crippen LogP contribution in [0.5, 0.6) is 0 Å². The highest BCUT2D eigenvalue weighted by atomic mass is 19.1. The Bertz CT molecular complexity index is 391. The predicted molar refractivity (Wildman–Crippen MR) is 70.7 cm³/mol. The van der Waals surface area contributed by atoms with Gasteiger partial charge in [-0.3, -0.25) is 4.90 Å². The molecule has 1 unspecified atom stereocenters. The van der Waals surface area contributed by atoms with E-state index in [1.165, 1.54) is 25.0 Å². The Hall–Kier alpha value is -1.13. The van der Waals surface area contributed by atoms with Crippen molar-refractivity contribution in [2.24, 2.45) is 0 Å². The summed E-state index contributed by atoms with van der Waals surface area (Å²) in [5.74, 6) is -0.283. The van der Waals surface area contributed by atoms with Crippen molar-refractivity contribution in [2.45, 2.75) is 31.9 Å². The summed E-state index contributed by atoms with van der Waals surface area (Å²) < 4.78 is 18.6. The molecule has 3 nitrogen and oxygen atoms in total. The van der Waals surface area contributed by atoms with E-state index >= 15 is 0 Å². The van der Waals surface area contributed by atoms with E-state index in [9.17, 15) is 4.39 Å². The molecule has 4 heteroatoms. The second-order valence-corrected chi connectivity index (χ2v) is 5.03. The van der Waals surface area contributed by atoms with Crippen molar-refractivity contribution in [3.05, 3.63) is 29.6 Å². The monoisotopic (exact) mass is 252 g/mol. The van der Waals surface area contributed by atoms with E-state index in [1.54, 1.807) is 6.07 Å². The van der Waals surface area contributed by atoms with Crippen LogP contribution in [-0.4, -0.2) is 31.2 Å². The van der Waals surface area contributed by atoms with Crippen molar-refractivity contribution in [3.8, 4) is 0 Å². The van der Waals surface area contributed by atoms with Gasteiger partial charge in [-0.25, -0.2) is 4.39 Å². The van der Waals surface area contributed by atoms with Crippen LogP contribution in [0.25, 0.3) is 0 Å². The molecule has 0 saturated carbocycles. The fraction of sp³-hybridized carbons (Fsp3) is 0.571. The van der Waals surface area contributed by atoms with Crippen molar-refractivity contribution >= 4 is 5.69 Å². The zero-order chi connectivity index (χ0) is 13.0. The molecule has 0 radical (unpaired) electrons. The second kappa shape index (κ2) is 6.16. The van der Waals surface area contributed by atoms with Crippen molar-refractivity contribution in [1.82, 2.24) is 4.90 Å². The van der Waals surface area contributed by atoms with Crippen molar-refractivity contribution in [1.29, 1.82) is 0 Å². The Morgan fingerprint density at radius 3 is 2.94 bits per heavy atom. The maximum Gasteiger partial charge on any atom is 0.125 e. The third-order valence-corrected chi connectivity index (χ3v) is 3.34. The zero-order valence-corrected chi connectivity index (χ0v) is 10.9. The number of hydrogen-bond acceptors (Lipinski definition) is 3. The molecule has 1 aromatic carbocycles. The van der Waals surface area contributed by atoms with Crippen LogP contribution < -0.4 is 5.73 Å². The molecule has 18 heavy (non-hydrogen) atoms. The summed E-state index contributed by atoms with van der Waals surface area (Å²) in [6.07, 6.45) is 3.87. The van der Waals surface area contributed by atoms with Crippen LogP contribution in [0.2, 0.25) is 0 Å². The highest BCUT2D eigenvalue weighted by Crippen LogP contribution is 2.17. The number of rotatable bonds is 4. The van der Waals surface area contributed by atoms with Gasteiger partial charge in [-0.1, -0.05) is 6.07 Å². The van der Waals surface area contributed by atoms with Gasteiger partial charge in [0.2, 0.25) is 0 Å². The lowest BCUT2D eigenvalue weighted by Crippen LogP contribution is -2.33. The number of nitrogen functional groups attached to an aromatic ring is 1. The molecule has 1 heterocycles. The van der Waals surface area contributed by atoms with Crippen molar-refractivity contribution < 1.29 is 9.13 Å². The van der Waals surface area contributed by atoms with Crippen LogP contribution >= 0.6 is 0 Å². The van der Waals surface area contributed by atoms with Gasteiger partial charge >= 0.3 is 0 Å². The maximum atomic E-state index is 12.9. The summed E-state index contributed by atoms with van der Waals surface area (Å²) in [5.41, 5.74) is 7.29. The fourth-order valence-electron chi connectivity index (χ4n) is 2.36. The van der Waals surface area contributed by atoms with Gasteiger partial charge in [-0.2, -0.15) is 0 Å². The molecule has 1 aromatic rings. The number of ether oxygens (including phenoxy) is 1. The molecule has 0 bridgehead atoms. The minimum absolute atomic E-state index is 0.283. The number of nitrogens with zero attached hydrogens (tertiary/aromatic N) is 1. The molecule has 1 atom stereocenters. The molecular formula is C14H21FN2O. The Balaban J connectivity index is 1.87. The van der Waals surface area contributed by atoms with Crippen LogP contribution in [0.15, 0.2) is 18.2 Å². The fourth-order valence-corrected chi connectivity index (χ4v) is 2.36. The Labute approximate surface area is 108 Å². The van der Waals surface area contributed by atoms with Gasteiger partial charge in [0.05, 0.1) is 6.10 Å². The van der Waals surface area contributed by atoms with E-state index in [1.807, 2.05) is 7.05 Å². The third-order valence-electron chi connectivity index (χ3n) is 3.34. The molecule has 1 saturated heterocycles. The predicted octanol–water partition coefficient (Wildman–Crippen LogP) is 2.41. The molecule has 1 fully saturated rings. The van der Waals surface area contributed by atoms with E-state index in [2.05, 4.69) is 4.90 Å². The molecule has 100 valence electrons. The molecule has 0 aromatic heterocycles. The van der Waals surface area contributed by atoms with Crippen molar-refractivity contribution in [2.75, 3.05) is 25.9 Å². The maximum absolute atomic E-state index is 12.9. The number of nitrogens with two attached hydrogens (primary N) is 1. The number of hydrogen-bond donors (Lipinski definition) is 1. The molecule has 2 rings (SSSR count). The van der Waals surface area contributed by atoms with Crippen LogP contribution in [-0.2, 0) is 11.3 Å². The van der Waals surface area contributed by atoms with Gasteiger partial charge < -0.3 is 10.5 Å². The summed E-state index contributed by atoms with van der Waals surface area (Å²) in [6, 6.07) is 4.58. The van der Waals surface area contributed by atoms with Gasteiger partial charge in [-0.15, -0.1) is 0 Å². The van der Waals surface area contributed by atoms with Crippen LogP contribution in [0.1, 0.15) is 24.8 Å². The molecular weight excluding hydrogens is 231 g/mol. The smallest absolute Gasteiger partial charge is 0.125 e. The van der Waals surface area contributed by atoms with Gasteiger partial charge in [-0.05, 0) is 44.0 Å². The van der Waals surface area contributed by atoms with Gasteiger partial charge in [0.25, 0.3) is 0 Å². The number of benzene rings is 1. The topological polar surface area (TPSA) is 38.5 Å². The van der Waals surface area contributed by atoms with Crippen molar-refractivity contribution in [3.63, 3.8) is 0 Å². The zero-order valence-electron chi connectivity index (χ0n) is 10.9. The lowest BCUT2D eigenvalue weighted by atomic mass is 10.1. The number of halogens is 1. The number of likely N-dealkylation sites (N-methyl/N-ethyl adjacent to an activating group) is 1. The second-order valence-electron chi connectivity index (χ2n) is 5.03. The van der Waals surface area contributed by atoms with Gasteiger partial charge in [0.15, 0.2) is 0 Å². The molecule has 2 N–H and O–H groups in total. The van der Waals surface area contributed by atoms with E-state index in [0.29, 0.717) is 11.8 Å². The largest absolute Gasteiger partial charge is 0.398 e. The van der Waals surface area contributed by atoms with E-state index in [-0.39, 0.29) is 5.82 Å². The lowest BCUT2D eigenvalue weighted by Gasteiger charge is -2.27. The first-order chi connectivity index (χ1) is 8.65. The molecule has 0 amide bonds. The van der Waals surface area contributed by atoms with E-state index < -0.39 is 0 Å². The average molecular weight is 252 g/mol. The first-order valence-electron chi connectivity index (χ1n) is 6.49. The molecule has 0 aliphatic carbocycles. The van der Waals surface area contributed by atoms with E-state index in [0.717, 1.165) is 31.7 Å². The van der Waals surface area contributed by atoms with Crippen LogP contribution in [0.3, 0.4) is 0 Å². The summed E-state index contributed by atoms with van der Waals surface area (Å²) in [7, 11) is 2.04. The Morgan fingerprint density at radius 2 is 2.28 bits per heavy atom. The van der Waals surface area contributed by atoms with Gasteiger partial charge in [0, 0.05) is 25.4 Å². The highest BCUT2D eigenvalue weighted by molar-refractivity contribution is 5.46.